The summed E-state index contributed by atoms with van der Waals surface area (Å²) >= 11 is 0. The van der Waals surface area contributed by atoms with Crippen LogP contribution in [0.1, 0.15) is 58.5 Å². The average Bonchev–Trinajstić information content (AvgIpc) is 3.29. The minimum Gasteiger partial charge on any atom is -0.354 e. The maximum atomic E-state index is 14.7. The maximum Gasteiger partial charge on any atom is 0.269 e. The molecule has 7 heteroatoms. The third-order valence-electron chi connectivity index (χ3n) is 8.08. The number of pyridine rings is 1. The number of carbonyl (C=O) groups is 2. The minimum absolute atomic E-state index is 0.135. The van der Waals surface area contributed by atoms with Gasteiger partial charge in [0.05, 0.1) is 11.1 Å². The molecule has 2 fully saturated rings. The molecule has 0 aliphatic heterocycles. The zero-order valence-corrected chi connectivity index (χ0v) is 20.8. The van der Waals surface area contributed by atoms with Crippen LogP contribution in [0.3, 0.4) is 0 Å². The molecule has 2 aromatic heterocycles. The first-order chi connectivity index (χ1) is 17.9. The third-order valence-corrected chi connectivity index (χ3v) is 8.08. The fourth-order valence-corrected chi connectivity index (χ4v) is 5.90. The van der Waals surface area contributed by atoms with E-state index in [-0.39, 0.29) is 23.7 Å². The first-order valence-electron chi connectivity index (χ1n) is 12.8. The van der Waals surface area contributed by atoms with Crippen LogP contribution in [0.5, 0.6) is 0 Å². The van der Waals surface area contributed by atoms with Crippen molar-refractivity contribution in [2.75, 3.05) is 7.05 Å². The number of benzene rings is 2. The molecule has 0 atom stereocenters. The second-order valence-electron chi connectivity index (χ2n) is 10.4. The summed E-state index contributed by atoms with van der Waals surface area (Å²) in [5.41, 5.74) is 4.83. The lowest BCUT2D eigenvalue weighted by molar-refractivity contribution is -0.000605. The molecule has 6 rings (SSSR count). The SMILES string of the molecule is CNC(=O)c1cc(-c2ccc(Cn3ccc4c(F)ccc(C(=O)NC5CC6(CCC6)C5)c43)cc2)ccn1. The highest BCUT2D eigenvalue weighted by Gasteiger charge is 2.48. The molecule has 2 aliphatic carbocycles. The lowest BCUT2D eigenvalue weighted by atomic mass is 9.54. The van der Waals surface area contributed by atoms with Crippen molar-refractivity contribution < 1.29 is 14.0 Å². The molecular weight excluding hydrogens is 467 g/mol. The quantitative estimate of drug-likeness (QED) is 0.380. The van der Waals surface area contributed by atoms with Crippen LogP contribution in [0.25, 0.3) is 22.0 Å². The Morgan fingerprint density at radius 1 is 1.03 bits per heavy atom. The van der Waals surface area contributed by atoms with E-state index in [4.69, 9.17) is 0 Å². The third kappa shape index (κ3) is 4.28. The molecule has 2 aliphatic rings. The number of carbonyl (C=O) groups excluding carboxylic acids is 2. The Morgan fingerprint density at radius 3 is 2.51 bits per heavy atom. The fraction of sp³-hybridized carbons (Fsp3) is 0.300. The van der Waals surface area contributed by atoms with Gasteiger partial charge >= 0.3 is 0 Å². The van der Waals surface area contributed by atoms with E-state index >= 15 is 0 Å². The lowest BCUT2D eigenvalue weighted by Gasteiger charge is -2.54. The van der Waals surface area contributed by atoms with Gasteiger partial charge in [0.2, 0.25) is 0 Å². The van der Waals surface area contributed by atoms with Crippen LogP contribution in [0.15, 0.2) is 67.0 Å². The number of fused-ring (bicyclic) bond motifs is 1. The van der Waals surface area contributed by atoms with E-state index in [1.165, 1.54) is 25.3 Å². The second kappa shape index (κ2) is 9.14. The molecule has 2 aromatic carbocycles. The first-order valence-corrected chi connectivity index (χ1v) is 12.8. The summed E-state index contributed by atoms with van der Waals surface area (Å²) in [6.07, 6.45) is 9.42. The van der Waals surface area contributed by atoms with Gasteiger partial charge in [-0.15, -0.1) is 0 Å². The van der Waals surface area contributed by atoms with Crippen LogP contribution in [-0.2, 0) is 6.54 Å². The van der Waals surface area contributed by atoms with E-state index < -0.39 is 0 Å². The van der Waals surface area contributed by atoms with Crippen LogP contribution >= 0.6 is 0 Å². The molecule has 2 heterocycles. The van der Waals surface area contributed by atoms with Crippen molar-refractivity contribution in [2.45, 2.75) is 44.7 Å². The van der Waals surface area contributed by atoms with Crippen molar-refractivity contribution in [3.63, 3.8) is 0 Å². The zero-order chi connectivity index (χ0) is 25.6. The predicted octanol–water partition coefficient (Wildman–Crippen LogP) is 5.31. The van der Waals surface area contributed by atoms with Gasteiger partial charge < -0.3 is 15.2 Å². The average molecular weight is 497 g/mol. The van der Waals surface area contributed by atoms with Gasteiger partial charge in [0.1, 0.15) is 11.5 Å². The first kappa shape index (κ1) is 23.4. The number of hydrogen-bond donors (Lipinski definition) is 2. The molecule has 1 spiro atoms. The molecule has 2 saturated carbocycles. The highest BCUT2D eigenvalue weighted by molar-refractivity contribution is 6.06. The number of amides is 2. The van der Waals surface area contributed by atoms with E-state index in [0.717, 1.165) is 29.5 Å². The van der Waals surface area contributed by atoms with E-state index in [0.29, 0.717) is 34.1 Å². The Kier molecular flexibility index (Phi) is 5.78. The van der Waals surface area contributed by atoms with Crippen LogP contribution < -0.4 is 10.6 Å². The Labute approximate surface area is 214 Å². The van der Waals surface area contributed by atoms with Gasteiger partial charge in [0.15, 0.2) is 0 Å². The molecule has 4 aromatic rings. The van der Waals surface area contributed by atoms with E-state index in [2.05, 4.69) is 15.6 Å². The summed E-state index contributed by atoms with van der Waals surface area (Å²) < 4.78 is 16.6. The maximum absolute atomic E-state index is 14.7. The van der Waals surface area contributed by atoms with Crippen LogP contribution in [-0.4, -0.2) is 34.5 Å². The number of rotatable bonds is 6. The van der Waals surface area contributed by atoms with Crippen molar-refractivity contribution in [2.24, 2.45) is 5.41 Å². The summed E-state index contributed by atoms with van der Waals surface area (Å²) in [5.74, 6) is -0.698. The van der Waals surface area contributed by atoms with Crippen molar-refractivity contribution in [1.82, 2.24) is 20.2 Å². The summed E-state index contributed by atoms with van der Waals surface area (Å²) in [6.45, 7) is 0.500. The lowest BCUT2D eigenvalue weighted by Crippen LogP contribution is -2.53. The summed E-state index contributed by atoms with van der Waals surface area (Å²) in [7, 11) is 1.58. The number of aromatic nitrogens is 2. The molecule has 188 valence electrons. The highest BCUT2D eigenvalue weighted by Crippen LogP contribution is 2.55. The molecule has 6 nitrogen and oxygen atoms in total. The standard InChI is InChI=1S/C30H29FN4O2/c1-32-29(37)26-15-21(9-13-33-26)20-5-3-19(4-6-20)18-35-14-10-23-25(31)8-7-24(27(23)35)28(36)34-22-16-30(17-22)11-2-12-30/h3-10,13-15,22H,2,11-12,16-18H2,1H3,(H,32,37)(H,34,36). The van der Waals surface area contributed by atoms with Gasteiger partial charge in [-0.05, 0) is 78.1 Å². The highest BCUT2D eigenvalue weighted by atomic mass is 19.1. The van der Waals surface area contributed by atoms with Crippen molar-refractivity contribution in [1.29, 1.82) is 0 Å². The van der Waals surface area contributed by atoms with Crippen LogP contribution in [0.4, 0.5) is 4.39 Å². The molecule has 0 bridgehead atoms. The number of halogens is 1. The Morgan fingerprint density at radius 2 is 1.81 bits per heavy atom. The molecule has 37 heavy (non-hydrogen) atoms. The Balaban J connectivity index is 1.23. The number of hydrogen-bond acceptors (Lipinski definition) is 3. The van der Waals surface area contributed by atoms with Crippen molar-refractivity contribution >= 4 is 22.7 Å². The van der Waals surface area contributed by atoms with Gasteiger partial charge in [0, 0.05) is 37.4 Å². The van der Waals surface area contributed by atoms with Gasteiger partial charge in [-0.3, -0.25) is 14.6 Å². The van der Waals surface area contributed by atoms with Crippen molar-refractivity contribution in [3.05, 3.63) is 89.6 Å². The van der Waals surface area contributed by atoms with E-state index in [1.54, 1.807) is 31.4 Å². The number of nitrogens with zero attached hydrogens (tertiary/aromatic N) is 2. The Bertz CT molecular complexity index is 1500. The van der Waals surface area contributed by atoms with Crippen LogP contribution in [0.2, 0.25) is 0 Å². The van der Waals surface area contributed by atoms with Crippen molar-refractivity contribution in [3.8, 4) is 11.1 Å². The second-order valence-corrected chi connectivity index (χ2v) is 10.4. The molecule has 0 unspecified atom stereocenters. The number of nitrogens with one attached hydrogen (secondary N) is 2. The predicted molar refractivity (Wildman–Crippen MR) is 141 cm³/mol. The topological polar surface area (TPSA) is 76.0 Å². The van der Waals surface area contributed by atoms with Crippen LogP contribution in [0, 0.1) is 11.2 Å². The molecule has 2 amide bonds. The summed E-state index contributed by atoms with van der Waals surface area (Å²) in [5, 5.41) is 6.22. The monoisotopic (exact) mass is 496 g/mol. The van der Waals surface area contributed by atoms with Gasteiger partial charge in [-0.2, -0.15) is 0 Å². The Hall–Kier alpha value is -4.00. The fourth-order valence-electron chi connectivity index (χ4n) is 5.90. The molecule has 0 radical (unpaired) electrons. The summed E-state index contributed by atoms with van der Waals surface area (Å²) in [6, 6.07) is 16.5. The molecule has 0 saturated heterocycles. The molecular formula is C30H29FN4O2. The van der Waals surface area contributed by atoms with E-state index in [9.17, 15) is 14.0 Å². The van der Waals surface area contributed by atoms with Gasteiger partial charge in [0.25, 0.3) is 11.8 Å². The van der Waals surface area contributed by atoms with Gasteiger partial charge in [-0.1, -0.05) is 30.7 Å². The minimum atomic E-state index is -0.331. The largest absolute Gasteiger partial charge is 0.354 e. The zero-order valence-electron chi connectivity index (χ0n) is 20.8. The smallest absolute Gasteiger partial charge is 0.269 e. The molecule has 2 N–H and O–H groups in total. The van der Waals surface area contributed by atoms with Gasteiger partial charge in [-0.25, -0.2) is 4.39 Å². The van der Waals surface area contributed by atoms with E-state index in [1.807, 2.05) is 41.1 Å². The normalized spacial score (nSPS) is 16.3. The summed E-state index contributed by atoms with van der Waals surface area (Å²) in [4.78, 5) is 29.3.